The van der Waals surface area contributed by atoms with Crippen LogP contribution in [0.2, 0.25) is 0 Å². The monoisotopic (exact) mass is 302 g/mol. The van der Waals surface area contributed by atoms with Crippen molar-refractivity contribution >= 4 is 27.3 Å². The fourth-order valence-electron chi connectivity index (χ4n) is 1.31. The number of nitrogens with one attached hydrogen (secondary N) is 2. The third-order valence-electron chi connectivity index (χ3n) is 2.18. The lowest BCUT2D eigenvalue weighted by Gasteiger charge is -2.02. The Morgan fingerprint density at radius 2 is 2.26 bits per heavy atom. The maximum atomic E-state index is 11.9. The third-order valence-corrected chi connectivity index (χ3v) is 5.20. The fraction of sp³-hybridized carbons (Fsp3) is 0.222. The van der Waals surface area contributed by atoms with Gasteiger partial charge in [-0.25, -0.2) is 22.9 Å². The summed E-state index contributed by atoms with van der Waals surface area (Å²) in [5.74, 6) is -0.576. The minimum absolute atomic E-state index is 0.0180. The van der Waals surface area contributed by atoms with Gasteiger partial charge in [0.25, 0.3) is 0 Å². The summed E-state index contributed by atoms with van der Waals surface area (Å²) in [4.78, 5) is 14.5. The molecule has 0 aliphatic heterocycles. The number of hydrogen-bond donors (Lipinski definition) is 3. The van der Waals surface area contributed by atoms with Gasteiger partial charge in [-0.05, 0) is 12.1 Å². The molecule has 10 heteroatoms. The lowest BCUT2D eigenvalue weighted by molar-refractivity contribution is 0.0702. The number of aromatic nitrogens is 3. The first-order valence-electron chi connectivity index (χ1n) is 5.16. The van der Waals surface area contributed by atoms with Crippen LogP contribution in [-0.2, 0) is 16.4 Å². The smallest absolute Gasteiger partial charge is 0.345 e. The van der Waals surface area contributed by atoms with E-state index in [4.69, 9.17) is 5.11 Å². The number of nitrogens with zero attached hydrogens (tertiary/aromatic N) is 2. The molecule has 0 amide bonds. The second-order valence-corrected chi connectivity index (χ2v) is 6.58. The molecule has 0 atom stereocenters. The van der Waals surface area contributed by atoms with E-state index in [1.807, 2.05) is 0 Å². The maximum absolute atomic E-state index is 11.9. The van der Waals surface area contributed by atoms with Crippen LogP contribution < -0.4 is 4.72 Å². The molecule has 0 saturated heterocycles. The largest absolute Gasteiger partial charge is 0.477 e. The number of sulfonamides is 1. The van der Waals surface area contributed by atoms with E-state index in [2.05, 4.69) is 19.9 Å². The summed E-state index contributed by atoms with van der Waals surface area (Å²) in [6, 6.07) is 2.53. The molecule has 0 aliphatic rings. The van der Waals surface area contributed by atoms with Gasteiger partial charge in [0.15, 0.2) is 0 Å². The molecule has 0 aromatic carbocycles. The van der Waals surface area contributed by atoms with Crippen LogP contribution in [0.25, 0.3) is 0 Å². The van der Waals surface area contributed by atoms with E-state index in [0.29, 0.717) is 23.6 Å². The lowest BCUT2D eigenvalue weighted by Crippen LogP contribution is -2.25. The van der Waals surface area contributed by atoms with Gasteiger partial charge in [0.1, 0.15) is 21.2 Å². The van der Waals surface area contributed by atoms with E-state index in [1.54, 1.807) is 0 Å². The Balaban J connectivity index is 1.99. The summed E-state index contributed by atoms with van der Waals surface area (Å²) in [7, 11) is -3.68. The van der Waals surface area contributed by atoms with E-state index >= 15 is 0 Å². The second-order valence-electron chi connectivity index (χ2n) is 3.50. The maximum Gasteiger partial charge on any atom is 0.345 e. The average Bonchev–Trinajstić information content (AvgIpc) is 2.99. The Morgan fingerprint density at radius 3 is 2.84 bits per heavy atom. The first kappa shape index (κ1) is 13.6. The molecule has 2 aromatic rings. The van der Waals surface area contributed by atoms with Crippen molar-refractivity contribution in [2.45, 2.75) is 10.6 Å². The second kappa shape index (κ2) is 5.47. The van der Waals surface area contributed by atoms with Gasteiger partial charge in [0.2, 0.25) is 10.0 Å². The van der Waals surface area contributed by atoms with Gasteiger partial charge in [-0.2, -0.15) is 5.10 Å². The lowest BCUT2D eigenvalue weighted by atomic mass is 10.4. The van der Waals surface area contributed by atoms with Gasteiger partial charge < -0.3 is 5.11 Å². The number of carboxylic acid groups (broad SMARTS) is 1. The Bertz CT molecular complexity index is 662. The van der Waals surface area contributed by atoms with Crippen molar-refractivity contribution < 1.29 is 18.3 Å². The predicted molar refractivity (Wildman–Crippen MR) is 66.6 cm³/mol. The summed E-state index contributed by atoms with van der Waals surface area (Å²) >= 11 is 0.710. The van der Waals surface area contributed by atoms with Gasteiger partial charge in [-0.1, -0.05) is 0 Å². The van der Waals surface area contributed by atoms with Gasteiger partial charge in [-0.15, -0.1) is 11.3 Å². The van der Waals surface area contributed by atoms with Gasteiger partial charge >= 0.3 is 5.97 Å². The summed E-state index contributed by atoms with van der Waals surface area (Å²) in [5, 5.41) is 15.0. The number of carboxylic acids is 1. The first-order valence-corrected chi connectivity index (χ1v) is 7.46. The molecule has 0 unspecified atom stereocenters. The predicted octanol–water partition coefficient (Wildman–Crippen LogP) is 0.0854. The Labute approximate surface area is 112 Å². The number of aromatic amines is 1. The van der Waals surface area contributed by atoms with Crippen molar-refractivity contribution in [3.05, 3.63) is 29.2 Å². The van der Waals surface area contributed by atoms with E-state index in [9.17, 15) is 13.2 Å². The first-order chi connectivity index (χ1) is 8.99. The molecule has 0 spiro atoms. The number of carbonyl (C=O) groups is 1. The standard InChI is InChI=1S/C9H10N4O4S2/c14-9(15)6-1-2-8(18-6)19(16,17)12-4-3-7-10-5-11-13-7/h1-2,5,12H,3-4H2,(H,14,15)(H,10,11,13). The Hall–Kier alpha value is -1.78. The van der Waals surface area contributed by atoms with Crippen LogP contribution in [0.4, 0.5) is 0 Å². The van der Waals surface area contributed by atoms with E-state index in [-0.39, 0.29) is 15.6 Å². The molecule has 3 N–H and O–H groups in total. The van der Waals surface area contributed by atoms with Crippen molar-refractivity contribution in [3.8, 4) is 0 Å². The number of aromatic carboxylic acids is 1. The molecule has 2 heterocycles. The molecule has 19 heavy (non-hydrogen) atoms. The summed E-state index contributed by atoms with van der Waals surface area (Å²) < 4.78 is 26.1. The highest BCUT2D eigenvalue weighted by atomic mass is 32.2. The third kappa shape index (κ3) is 3.36. The van der Waals surface area contributed by atoms with Crippen LogP contribution in [0.5, 0.6) is 0 Å². The van der Waals surface area contributed by atoms with E-state index < -0.39 is 16.0 Å². The molecule has 0 saturated carbocycles. The minimum Gasteiger partial charge on any atom is -0.477 e. The molecule has 0 bridgehead atoms. The number of hydrogen-bond acceptors (Lipinski definition) is 6. The van der Waals surface area contributed by atoms with Crippen LogP contribution >= 0.6 is 11.3 Å². The molecular weight excluding hydrogens is 292 g/mol. The van der Waals surface area contributed by atoms with Crippen LogP contribution in [0, 0.1) is 0 Å². The zero-order valence-electron chi connectivity index (χ0n) is 9.53. The van der Waals surface area contributed by atoms with Crippen molar-refractivity contribution in [2.24, 2.45) is 0 Å². The van der Waals surface area contributed by atoms with Gasteiger partial charge in [-0.3, -0.25) is 5.10 Å². The highest BCUT2D eigenvalue weighted by Crippen LogP contribution is 2.21. The van der Waals surface area contributed by atoms with Crippen LogP contribution in [-0.4, -0.2) is 41.2 Å². The topological polar surface area (TPSA) is 125 Å². The van der Waals surface area contributed by atoms with E-state index in [0.717, 1.165) is 0 Å². The number of thiophene rings is 1. The quantitative estimate of drug-likeness (QED) is 0.694. The summed E-state index contributed by atoms with van der Waals surface area (Å²) in [5.41, 5.74) is 0. The minimum atomic E-state index is -3.68. The average molecular weight is 302 g/mol. The van der Waals surface area contributed by atoms with E-state index in [1.165, 1.54) is 18.5 Å². The molecule has 2 rings (SSSR count). The van der Waals surface area contributed by atoms with Crippen molar-refractivity contribution in [2.75, 3.05) is 6.54 Å². The molecule has 102 valence electrons. The molecule has 0 fully saturated rings. The molecule has 8 nitrogen and oxygen atoms in total. The van der Waals surface area contributed by atoms with Crippen LogP contribution in [0.15, 0.2) is 22.7 Å². The van der Waals surface area contributed by atoms with Crippen LogP contribution in [0.3, 0.4) is 0 Å². The van der Waals surface area contributed by atoms with Crippen molar-refractivity contribution in [3.63, 3.8) is 0 Å². The molecule has 0 aliphatic carbocycles. The normalized spacial score (nSPS) is 11.6. The molecular formula is C9H10N4O4S2. The van der Waals surface area contributed by atoms with Crippen LogP contribution in [0.1, 0.15) is 15.5 Å². The summed E-state index contributed by atoms with van der Waals surface area (Å²) in [6.07, 6.45) is 1.71. The highest BCUT2D eigenvalue weighted by Gasteiger charge is 2.18. The SMILES string of the molecule is O=C(O)c1ccc(S(=O)(=O)NCCc2ncn[nH]2)s1. The highest BCUT2D eigenvalue weighted by molar-refractivity contribution is 7.91. The van der Waals surface area contributed by atoms with Crippen molar-refractivity contribution in [1.29, 1.82) is 0 Å². The summed E-state index contributed by atoms with van der Waals surface area (Å²) in [6.45, 7) is 0.151. The molecule has 2 aromatic heterocycles. The van der Waals surface area contributed by atoms with Crippen molar-refractivity contribution in [1.82, 2.24) is 19.9 Å². The number of rotatable bonds is 6. The fourth-order valence-corrected chi connectivity index (χ4v) is 3.53. The zero-order chi connectivity index (χ0) is 13.9. The zero-order valence-corrected chi connectivity index (χ0v) is 11.2. The van der Waals surface area contributed by atoms with Gasteiger partial charge in [0, 0.05) is 13.0 Å². The Kier molecular flexibility index (Phi) is 3.93. The van der Waals surface area contributed by atoms with Gasteiger partial charge in [0.05, 0.1) is 0 Å². The number of H-pyrrole nitrogens is 1. The Morgan fingerprint density at radius 1 is 1.47 bits per heavy atom. The molecule has 0 radical (unpaired) electrons.